The number of carbonyl (C=O) groups is 3. The Kier molecular flexibility index (Phi) is 6.98. The van der Waals surface area contributed by atoms with E-state index in [-0.39, 0.29) is 36.4 Å². The standard InChI is InChI=1S/C21H22F3N3O4/c22-21(23,24)17-3-1-14(2-4-17)18(28)25-8-9-26-19(29)15-5-10-27(11-6-15)20(30)16-7-12-31-13-16/h1-4,7,12-13,15H,5-6,8-11H2,(H,25,28)(H,26,29). The second-order valence-corrected chi connectivity index (χ2v) is 7.20. The number of hydrogen-bond acceptors (Lipinski definition) is 4. The molecule has 3 rings (SSSR count). The Morgan fingerprint density at radius 3 is 2.19 bits per heavy atom. The van der Waals surface area contributed by atoms with Crippen molar-refractivity contribution in [2.45, 2.75) is 19.0 Å². The summed E-state index contributed by atoms with van der Waals surface area (Å²) < 4.78 is 42.6. The highest BCUT2D eigenvalue weighted by atomic mass is 19.4. The fourth-order valence-electron chi connectivity index (χ4n) is 3.33. The van der Waals surface area contributed by atoms with Crippen LogP contribution in [0.25, 0.3) is 0 Å². The summed E-state index contributed by atoms with van der Waals surface area (Å²) in [6.45, 7) is 1.27. The van der Waals surface area contributed by atoms with Crippen LogP contribution in [-0.4, -0.2) is 48.8 Å². The fourth-order valence-corrected chi connectivity index (χ4v) is 3.33. The molecule has 2 N–H and O–H groups in total. The average Bonchev–Trinajstić information content (AvgIpc) is 3.30. The smallest absolute Gasteiger partial charge is 0.416 e. The van der Waals surface area contributed by atoms with Crippen molar-refractivity contribution < 1.29 is 32.0 Å². The number of nitrogens with one attached hydrogen (secondary N) is 2. The number of hydrogen-bond donors (Lipinski definition) is 2. The Morgan fingerprint density at radius 2 is 1.61 bits per heavy atom. The van der Waals surface area contributed by atoms with Crippen LogP contribution in [0.15, 0.2) is 47.3 Å². The predicted molar refractivity (Wildman–Crippen MR) is 104 cm³/mol. The van der Waals surface area contributed by atoms with Gasteiger partial charge in [0.05, 0.1) is 17.4 Å². The molecule has 1 fully saturated rings. The number of amides is 3. The Labute approximate surface area is 176 Å². The summed E-state index contributed by atoms with van der Waals surface area (Å²) in [5.74, 6) is -1.02. The largest absolute Gasteiger partial charge is 0.472 e. The highest BCUT2D eigenvalue weighted by Gasteiger charge is 2.30. The van der Waals surface area contributed by atoms with Gasteiger partial charge < -0.3 is 20.0 Å². The highest BCUT2D eigenvalue weighted by molar-refractivity contribution is 5.94. The molecule has 1 saturated heterocycles. The molecule has 31 heavy (non-hydrogen) atoms. The van der Waals surface area contributed by atoms with Crippen molar-refractivity contribution in [3.63, 3.8) is 0 Å². The zero-order chi connectivity index (χ0) is 22.4. The van der Waals surface area contributed by atoms with Crippen molar-refractivity contribution in [3.05, 3.63) is 59.5 Å². The van der Waals surface area contributed by atoms with Gasteiger partial charge in [-0.15, -0.1) is 0 Å². The molecule has 0 atom stereocenters. The van der Waals surface area contributed by atoms with E-state index in [1.54, 1.807) is 11.0 Å². The summed E-state index contributed by atoms with van der Waals surface area (Å²) in [6, 6.07) is 5.51. The van der Waals surface area contributed by atoms with Gasteiger partial charge in [-0.3, -0.25) is 14.4 Å². The van der Waals surface area contributed by atoms with E-state index in [1.165, 1.54) is 12.5 Å². The first-order valence-corrected chi connectivity index (χ1v) is 9.80. The molecule has 1 aliphatic heterocycles. The predicted octanol–water partition coefficient (Wildman–Crippen LogP) is 2.70. The molecular weight excluding hydrogens is 415 g/mol. The number of furan rings is 1. The van der Waals surface area contributed by atoms with Crippen LogP contribution in [0.2, 0.25) is 0 Å². The number of alkyl halides is 3. The third-order valence-corrected chi connectivity index (χ3v) is 5.11. The lowest BCUT2D eigenvalue weighted by Gasteiger charge is -2.31. The van der Waals surface area contributed by atoms with E-state index < -0.39 is 17.6 Å². The van der Waals surface area contributed by atoms with Gasteiger partial charge in [-0.1, -0.05) is 0 Å². The number of carbonyl (C=O) groups excluding carboxylic acids is 3. The average molecular weight is 437 g/mol. The molecule has 1 aromatic carbocycles. The maximum atomic E-state index is 12.6. The summed E-state index contributed by atoms with van der Waals surface area (Å²) in [6.07, 6.45) is -0.563. The van der Waals surface area contributed by atoms with E-state index in [0.717, 1.165) is 24.3 Å². The highest BCUT2D eigenvalue weighted by Crippen LogP contribution is 2.29. The Bertz CT molecular complexity index is 903. The molecule has 2 heterocycles. The Hall–Kier alpha value is -3.30. The van der Waals surface area contributed by atoms with Gasteiger partial charge in [-0.25, -0.2) is 0 Å². The molecule has 0 aliphatic carbocycles. The number of rotatable bonds is 6. The number of nitrogens with zero attached hydrogens (tertiary/aromatic N) is 1. The summed E-state index contributed by atoms with van der Waals surface area (Å²) >= 11 is 0. The number of piperidine rings is 1. The van der Waals surface area contributed by atoms with Crippen molar-refractivity contribution >= 4 is 17.7 Å². The second kappa shape index (κ2) is 9.67. The molecule has 2 aromatic rings. The SMILES string of the molecule is O=C(NCCNC(=O)C1CCN(C(=O)c2ccoc2)CC1)c1ccc(C(F)(F)F)cc1. The first kappa shape index (κ1) is 22.4. The van der Waals surface area contributed by atoms with E-state index in [9.17, 15) is 27.6 Å². The number of likely N-dealkylation sites (tertiary alicyclic amines) is 1. The molecule has 0 radical (unpaired) electrons. The topological polar surface area (TPSA) is 91.7 Å². The lowest BCUT2D eigenvalue weighted by molar-refractivity contribution is -0.137. The molecular formula is C21H22F3N3O4. The first-order valence-electron chi connectivity index (χ1n) is 9.80. The van der Waals surface area contributed by atoms with Gasteiger partial charge in [-0.05, 0) is 43.2 Å². The van der Waals surface area contributed by atoms with Gasteiger partial charge in [0.1, 0.15) is 6.26 Å². The van der Waals surface area contributed by atoms with Crippen molar-refractivity contribution in [2.75, 3.05) is 26.2 Å². The maximum Gasteiger partial charge on any atom is 0.416 e. The van der Waals surface area contributed by atoms with Gasteiger partial charge in [0.15, 0.2) is 0 Å². The first-order chi connectivity index (χ1) is 14.8. The van der Waals surface area contributed by atoms with Crippen molar-refractivity contribution in [1.82, 2.24) is 15.5 Å². The number of benzene rings is 1. The van der Waals surface area contributed by atoms with Crippen molar-refractivity contribution in [1.29, 1.82) is 0 Å². The molecule has 0 unspecified atom stereocenters. The molecule has 1 aromatic heterocycles. The second-order valence-electron chi connectivity index (χ2n) is 7.20. The van der Waals surface area contributed by atoms with Crippen LogP contribution in [0, 0.1) is 5.92 Å². The van der Waals surface area contributed by atoms with Crippen LogP contribution in [-0.2, 0) is 11.0 Å². The Morgan fingerprint density at radius 1 is 0.968 bits per heavy atom. The van der Waals surface area contributed by atoms with Gasteiger partial charge in [0, 0.05) is 37.7 Å². The molecule has 10 heteroatoms. The molecule has 0 bridgehead atoms. The van der Waals surface area contributed by atoms with Crippen LogP contribution in [0.5, 0.6) is 0 Å². The molecule has 7 nitrogen and oxygen atoms in total. The van der Waals surface area contributed by atoms with Gasteiger partial charge >= 0.3 is 6.18 Å². The van der Waals surface area contributed by atoms with Crippen LogP contribution in [0.3, 0.4) is 0 Å². The van der Waals surface area contributed by atoms with E-state index in [4.69, 9.17) is 4.42 Å². The summed E-state index contributed by atoms with van der Waals surface area (Å²) in [5, 5.41) is 5.30. The minimum atomic E-state index is -4.46. The van der Waals surface area contributed by atoms with Crippen molar-refractivity contribution in [2.24, 2.45) is 5.92 Å². The lowest BCUT2D eigenvalue weighted by Crippen LogP contribution is -2.44. The summed E-state index contributed by atoms with van der Waals surface area (Å²) in [4.78, 5) is 38.2. The molecule has 3 amide bonds. The van der Waals surface area contributed by atoms with Gasteiger partial charge in [0.2, 0.25) is 5.91 Å². The normalized spacial score (nSPS) is 14.9. The third-order valence-electron chi connectivity index (χ3n) is 5.11. The van der Waals surface area contributed by atoms with Crippen LogP contribution >= 0.6 is 0 Å². The quantitative estimate of drug-likeness (QED) is 0.680. The monoisotopic (exact) mass is 437 g/mol. The zero-order valence-corrected chi connectivity index (χ0v) is 16.6. The van der Waals surface area contributed by atoms with Crippen LogP contribution in [0.4, 0.5) is 13.2 Å². The third kappa shape index (κ3) is 5.87. The summed E-state index contributed by atoms with van der Waals surface area (Å²) in [7, 11) is 0. The minimum Gasteiger partial charge on any atom is -0.472 e. The van der Waals surface area contributed by atoms with Gasteiger partial charge in [0.25, 0.3) is 11.8 Å². The summed E-state index contributed by atoms with van der Waals surface area (Å²) in [5.41, 5.74) is -0.241. The molecule has 1 aliphatic rings. The maximum absolute atomic E-state index is 12.6. The molecule has 0 spiro atoms. The van der Waals surface area contributed by atoms with Crippen molar-refractivity contribution in [3.8, 4) is 0 Å². The molecule has 0 saturated carbocycles. The van der Waals surface area contributed by atoms with E-state index in [0.29, 0.717) is 31.5 Å². The van der Waals surface area contributed by atoms with Gasteiger partial charge in [-0.2, -0.15) is 13.2 Å². The number of halogens is 3. The van der Waals surface area contributed by atoms with Crippen LogP contribution in [0.1, 0.15) is 39.1 Å². The lowest BCUT2D eigenvalue weighted by atomic mass is 9.95. The van der Waals surface area contributed by atoms with E-state index in [1.807, 2.05) is 0 Å². The Balaban J connectivity index is 1.36. The minimum absolute atomic E-state index is 0.106. The fraction of sp³-hybridized carbons (Fsp3) is 0.381. The van der Waals surface area contributed by atoms with E-state index in [2.05, 4.69) is 10.6 Å². The van der Waals surface area contributed by atoms with Crippen LogP contribution < -0.4 is 10.6 Å². The van der Waals surface area contributed by atoms with E-state index >= 15 is 0 Å². The molecule has 166 valence electrons. The zero-order valence-electron chi connectivity index (χ0n) is 16.6.